The Morgan fingerprint density at radius 3 is 1.79 bits per heavy atom. The quantitative estimate of drug-likeness (QED) is 0.0385. The second-order valence-corrected chi connectivity index (χ2v) is 18.7. The average molecular weight is 922 g/mol. The molecular formula is C39H39N9O12S3. The lowest BCUT2D eigenvalue weighted by Crippen LogP contribution is -2.08. The van der Waals surface area contributed by atoms with Crippen molar-refractivity contribution in [1.82, 2.24) is 9.38 Å². The van der Waals surface area contributed by atoms with Crippen LogP contribution in [-0.2, 0) is 36.8 Å². The van der Waals surface area contributed by atoms with Crippen molar-refractivity contribution in [1.29, 1.82) is 5.26 Å². The zero-order chi connectivity index (χ0) is 45.7. The SMILES string of the molecule is Cc1cc(/N=N\c2cc(OCCCS(=O)(=O)O)c(N=Nc3c(C)c(C#N)c4nc5c(n4c3O)C=CCC5)cc2C)c(OCCCS(=O)(=O)O)cc1N=Nc1ccc(S(=O)(=O)O)cc1. The van der Waals surface area contributed by atoms with Crippen LogP contribution in [0.15, 0.2) is 90.2 Å². The number of allylic oxidation sites excluding steroid dienone is 1. The molecule has 4 N–H and O–H groups in total. The highest BCUT2D eigenvalue weighted by atomic mass is 32.2. The highest BCUT2D eigenvalue weighted by Gasteiger charge is 2.24. The molecule has 0 amide bonds. The van der Waals surface area contributed by atoms with E-state index in [-0.39, 0.29) is 93.7 Å². The lowest BCUT2D eigenvalue weighted by molar-refractivity contribution is 0.317. The van der Waals surface area contributed by atoms with Gasteiger partial charge in [0, 0.05) is 17.7 Å². The van der Waals surface area contributed by atoms with Crippen LogP contribution >= 0.6 is 0 Å². The molecule has 1 aliphatic rings. The second kappa shape index (κ2) is 18.9. The number of aryl methyl sites for hydroxylation is 3. The van der Waals surface area contributed by atoms with Crippen LogP contribution in [0.2, 0.25) is 0 Å². The number of azo groups is 3. The fourth-order valence-electron chi connectivity index (χ4n) is 6.23. The molecular weight excluding hydrogens is 883 g/mol. The fraction of sp³-hybridized carbons (Fsp3) is 0.282. The number of hydrogen-bond donors (Lipinski definition) is 4. The van der Waals surface area contributed by atoms with Gasteiger partial charge in [-0.15, -0.1) is 15.3 Å². The number of nitriles is 1. The van der Waals surface area contributed by atoms with Crippen molar-refractivity contribution in [2.24, 2.45) is 30.7 Å². The van der Waals surface area contributed by atoms with Crippen LogP contribution in [-0.4, -0.2) is 78.1 Å². The Kier molecular flexibility index (Phi) is 13.8. The zero-order valence-electron chi connectivity index (χ0n) is 33.7. The Morgan fingerprint density at radius 1 is 0.746 bits per heavy atom. The molecule has 0 saturated carbocycles. The number of pyridine rings is 1. The van der Waals surface area contributed by atoms with Crippen LogP contribution in [0.4, 0.5) is 34.1 Å². The molecule has 2 heterocycles. The summed E-state index contributed by atoms with van der Waals surface area (Å²) in [7, 11) is -13.0. The van der Waals surface area contributed by atoms with E-state index < -0.39 is 41.9 Å². The molecule has 21 nitrogen and oxygen atoms in total. The second-order valence-electron chi connectivity index (χ2n) is 14.1. The number of aromatic nitrogens is 2. The molecule has 63 heavy (non-hydrogen) atoms. The third kappa shape index (κ3) is 11.5. The number of hydrogen-bond acceptors (Lipinski definition) is 17. The number of rotatable bonds is 17. The van der Waals surface area contributed by atoms with E-state index >= 15 is 0 Å². The summed E-state index contributed by atoms with van der Waals surface area (Å²) in [5.41, 5.74) is 4.24. The molecule has 330 valence electrons. The molecule has 0 saturated heterocycles. The molecule has 0 unspecified atom stereocenters. The first kappa shape index (κ1) is 46.0. The molecule has 0 atom stereocenters. The molecule has 1 aliphatic carbocycles. The van der Waals surface area contributed by atoms with E-state index in [4.69, 9.17) is 9.47 Å². The van der Waals surface area contributed by atoms with Gasteiger partial charge in [-0.2, -0.15) is 45.9 Å². The maximum atomic E-state index is 11.4. The van der Waals surface area contributed by atoms with Gasteiger partial charge >= 0.3 is 0 Å². The smallest absolute Gasteiger partial charge is 0.294 e. The van der Waals surface area contributed by atoms with Gasteiger partial charge in [-0.25, -0.2) is 4.98 Å². The Bertz CT molecular complexity index is 3100. The van der Waals surface area contributed by atoms with Crippen molar-refractivity contribution < 1.29 is 53.5 Å². The number of ether oxygens (including phenoxy) is 2. The number of benzene rings is 3. The van der Waals surface area contributed by atoms with E-state index in [1.807, 2.05) is 12.2 Å². The first-order chi connectivity index (χ1) is 29.7. The van der Waals surface area contributed by atoms with Crippen LogP contribution in [0.1, 0.15) is 52.9 Å². The summed E-state index contributed by atoms with van der Waals surface area (Å²) in [5.74, 6) is -1.30. The van der Waals surface area contributed by atoms with Gasteiger partial charge in [0.05, 0.1) is 58.1 Å². The maximum Gasteiger partial charge on any atom is 0.294 e. The number of nitrogens with zero attached hydrogens (tertiary/aromatic N) is 9. The van der Waals surface area contributed by atoms with Crippen LogP contribution in [0.3, 0.4) is 0 Å². The van der Waals surface area contributed by atoms with E-state index in [1.54, 1.807) is 32.9 Å². The van der Waals surface area contributed by atoms with E-state index in [9.17, 15) is 49.3 Å². The molecule has 5 aromatic rings. The summed E-state index contributed by atoms with van der Waals surface area (Å²) >= 11 is 0. The molecule has 2 aromatic heterocycles. The van der Waals surface area contributed by atoms with Crippen molar-refractivity contribution >= 4 is 76.2 Å². The van der Waals surface area contributed by atoms with Gasteiger partial charge in [0.15, 0.2) is 11.3 Å². The van der Waals surface area contributed by atoms with Gasteiger partial charge in [0.1, 0.15) is 34.5 Å². The Hall–Kier alpha value is -6.49. The van der Waals surface area contributed by atoms with E-state index in [0.717, 1.165) is 24.2 Å². The highest BCUT2D eigenvalue weighted by Crippen LogP contribution is 2.42. The minimum absolute atomic E-state index is 0.00510. The standard InChI is InChI=1S/C39H39N9O12S3/c1-23-18-32(35(59-14-6-16-61(50,51)52)20-30(23)43-42-26-10-12-27(13-11-26)63(56,57)58)45-44-31-21-36(60-15-7-17-62(53,54)55)33(19-24(31)2)46-47-37-25(3)28(22-40)38-41-29-8-4-5-9-34(29)48(38)39(37)49/h5,9-13,18-21,49H,4,6-8,14-17H2,1-3H3,(H,50,51,52)(H,53,54,55)(H,56,57,58)/b43-42?,45-44-,47-46?. The largest absolute Gasteiger partial charge is 0.493 e. The first-order valence-corrected chi connectivity index (χ1v) is 23.5. The van der Waals surface area contributed by atoms with Gasteiger partial charge in [-0.05, 0) is 100 Å². The summed E-state index contributed by atoms with van der Waals surface area (Å²) in [6.45, 7) is 4.62. The minimum Gasteiger partial charge on any atom is -0.493 e. The summed E-state index contributed by atoms with van der Waals surface area (Å²) < 4.78 is 109. The van der Waals surface area contributed by atoms with Gasteiger partial charge < -0.3 is 14.6 Å². The molecule has 24 heteroatoms. The van der Waals surface area contributed by atoms with Crippen LogP contribution in [0, 0.1) is 32.1 Å². The maximum absolute atomic E-state index is 11.4. The topological polar surface area (TPSA) is 317 Å². The zero-order valence-corrected chi connectivity index (χ0v) is 36.2. The Morgan fingerprint density at radius 2 is 1.27 bits per heavy atom. The van der Waals surface area contributed by atoms with Gasteiger partial charge in [-0.1, -0.05) is 6.08 Å². The Balaban J connectivity index is 1.36. The molecule has 0 radical (unpaired) electrons. The molecule has 3 aromatic carbocycles. The lowest BCUT2D eigenvalue weighted by Gasteiger charge is -2.13. The molecule has 0 aliphatic heterocycles. The minimum atomic E-state index is -4.42. The number of fused-ring (bicyclic) bond motifs is 3. The van der Waals surface area contributed by atoms with Gasteiger partial charge in [0.25, 0.3) is 30.4 Å². The van der Waals surface area contributed by atoms with Crippen molar-refractivity contribution in [2.45, 2.75) is 51.3 Å². The number of aromatic hydroxyl groups is 1. The first-order valence-electron chi connectivity index (χ1n) is 18.8. The van der Waals surface area contributed by atoms with Crippen molar-refractivity contribution in [3.8, 4) is 23.4 Å². The molecule has 0 fully saturated rings. The predicted octanol–water partition coefficient (Wildman–Crippen LogP) is 8.60. The Labute approximate surface area is 361 Å². The monoisotopic (exact) mass is 921 g/mol. The van der Waals surface area contributed by atoms with Gasteiger partial charge in [0.2, 0.25) is 5.88 Å². The fourth-order valence-corrected chi connectivity index (χ4v) is 7.67. The summed E-state index contributed by atoms with van der Waals surface area (Å²) in [5, 5.41) is 47.4. The van der Waals surface area contributed by atoms with Crippen LogP contribution in [0.5, 0.6) is 17.4 Å². The lowest BCUT2D eigenvalue weighted by atomic mass is 10.1. The van der Waals surface area contributed by atoms with E-state index in [1.165, 1.54) is 28.7 Å². The molecule has 0 bridgehead atoms. The predicted molar refractivity (Wildman–Crippen MR) is 228 cm³/mol. The van der Waals surface area contributed by atoms with Crippen molar-refractivity contribution in [3.63, 3.8) is 0 Å². The summed E-state index contributed by atoms with van der Waals surface area (Å²) in [4.78, 5) is 4.27. The highest BCUT2D eigenvalue weighted by molar-refractivity contribution is 7.86. The summed E-state index contributed by atoms with van der Waals surface area (Å²) in [6.07, 6.45) is 4.94. The number of imidazole rings is 1. The normalized spacial score (nSPS) is 13.3. The van der Waals surface area contributed by atoms with E-state index in [2.05, 4.69) is 41.7 Å². The van der Waals surface area contributed by atoms with Crippen LogP contribution < -0.4 is 9.47 Å². The van der Waals surface area contributed by atoms with Crippen molar-refractivity contribution in [2.75, 3.05) is 24.7 Å². The van der Waals surface area contributed by atoms with Crippen molar-refractivity contribution in [3.05, 3.63) is 88.2 Å². The van der Waals surface area contributed by atoms with Crippen LogP contribution in [0.25, 0.3) is 11.7 Å². The summed E-state index contributed by atoms with van der Waals surface area (Å²) in [6, 6.07) is 13.2. The third-order valence-corrected chi connectivity index (χ3v) is 11.9. The molecule has 6 rings (SSSR count). The molecule has 0 spiro atoms. The third-order valence-electron chi connectivity index (χ3n) is 9.40. The van der Waals surface area contributed by atoms with Gasteiger partial charge in [-0.3, -0.25) is 18.1 Å². The average Bonchev–Trinajstić information content (AvgIpc) is 3.60. The van der Waals surface area contributed by atoms with E-state index in [0.29, 0.717) is 28.8 Å².